The Labute approximate surface area is 159 Å². The summed E-state index contributed by atoms with van der Waals surface area (Å²) in [6.45, 7) is 1.39. The Bertz CT molecular complexity index is 1000. The largest absolute Gasteiger partial charge is 0.324 e. The van der Waals surface area contributed by atoms with Gasteiger partial charge in [-0.25, -0.2) is 0 Å². The first-order valence-electron chi connectivity index (χ1n) is 8.39. The standard InChI is InChI=1S/C18H16N4O6/c1-11-2-4-14(22(27)28)9-15(11)19-17(23)10-20-16-6-5-13(21(25)26)8-12(16)3-7-18(20)24/h2,4-6,8-9H,3,7,10H2,1H3,(H,19,23). The summed E-state index contributed by atoms with van der Waals surface area (Å²) in [7, 11) is 0. The molecule has 10 heteroatoms. The number of carbonyl (C=O) groups excluding carboxylic acids is 2. The number of carbonyl (C=O) groups is 2. The number of nitro groups is 2. The molecule has 0 aliphatic carbocycles. The van der Waals surface area contributed by atoms with E-state index in [1.54, 1.807) is 6.92 Å². The van der Waals surface area contributed by atoms with Gasteiger partial charge >= 0.3 is 0 Å². The van der Waals surface area contributed by atoms with Gasteiger partial charge in [-0.2, -0.15) is 0 Å². The lowest BCUT2D eigenvalue weighted by molar-refractivity contribution is -0.385. The lowest BCUT2D eigenvalue weighted by atomic mass is 10.0. The number of fused-ring (bicyclic) bond motifs is 1. The van der Waals surface area contributed by atoms with Crippen LogP contribution in [0.5, 0.6) is 0 Å². The summed E-state index contributed by atoms with van der Waals surface area (Å²) in [6, 6.07) is 8.25. The first kappa shape index (κ1) is 19.0. The van der Waals surface area contributed by atoms with Crippen LogP contribution in [0.15, 0.2) is 36.4 Å². The molecule has 1 aliphatic heterocycles. The molecular weight excluding hydrogens is 368 g/mol. The van der Waals surface area contributed by atoms with Gasteiger partial charge in [0.1, 0.15) is 6.54 Å². The van der Waals surface area contributed by atoms with Gasteiger partial charge in [0.15, 0.2) is 0 Å². The van der Waals surface area contributed by atoms with Gasteiger partial charge in [0, 0.05) is 36.4 Å². The third kappa shape index (κ3) is 3.80. The number of non-ortho nitro benzene ring substituents is 2. The minimum Gasteiger partial charge on any atom is -0.324 e. The minimum absolute atomic E-state index is 0.0790. The maximum absolute atomic E-state index is 12.5. The summed E-state index contributed by atoms with van der Waals surface area (Å²) in [5.74, 6) is -0.796. The zero-order valence-corrected chi connectivity index (χ0v) is 14.9. The molecule has 10 nitrogen and oxygen atoms in total. The highest BCUT2D eigenvalue weighted by molar-refractivity contribution is 6.04. The van der Waals surface area contributed by atoms with Gasteiger partial charge in [-0.3, -0.25) is 29.8 Å². The molecule has 0 saturated heterocycles. The van der Waals surface area contributed by atoms with Crippen molar-refractivity contribution in [3.8, 4) is 0 Å². The number of nitrogens with zero attached hydrogens (tertiary/aromatic N) is 3. The molecule has 1 heterocycles. The van der Waals surface area contributed by atoms with Crippen molar-refractivity contribution in [3.63, 3.8) is 0 Å². The first-order chi connectivity index (χ1) is 13.3. The van der Waals surface area contributed by atoms with Crippen LogP contribution in [0.4, 0.5) is 22.7 Å². The van der Waals surface area contributed by atoms with E-state index < -0.39 is 15.8 Å². The lowest BCUT2D eigenvalue weighted by Crippen LogP contribution is -2.41. The van der Waals surface area contributed by atoms with Crippen LogP contribution in [0.3, 0.4) is 0 Å². The summed E-state index contributed by atoms with van der Waals surface area (Å²) < 4.78 is 0. The van der Waals surface area contributed by atoms with Crippen molar-refractivity contribution in [2.75, 3.05) is 16.8 Å². The quantitative estimate of drug-likeness (QED) is 0.622. The molecule has 0 saturated carbocycles. The highest BCUT2D eigenvalue weighted by Gasteiger charge is 2.27. The van der Waals surface area contributed by atoms with E-state index in [2.05, 4.69) is 5.32 Å². The van der Waals surface area contributed by atoms with E-state index in [4.69, 9.17) is 0 Å². The Balaban J connectivity index is 1.81. The van der Waals surface area contributed by atoms with Crippen molar-refractivity contribution in [2.24, 2.45) is 0 Å². The van der Waals surface area contributed by atoms with Crippen LogP contribution in [0.25, 0.3) is 0 Å². The number of hydrogen-bond donors (Lipinski definition) is 1. The van der Waals surface area contributed by atoms with E-state index in [1.807, 2.05) is 0 Å². The van der Waals surface area contributed by atoms with Crippen LogP contribution in [-0.4, -0.2) is 28.2 Å². The number of benzene rings is 2. The minimum atomic E-state index is -0.563. The molecule has 144 valence electrons. The highest BCUT2D eigenvalue weighted by Crippen LogP contribution is 2.31. The molecule has 2 aromatic carbocycles. The summed E-state index contributed by atoms with van der Waals surface area (Å²) in [4.78, 5) is 46.8. The van der Waals surface area contributed by atoms with Crippen molar-refractivity contribution in [3.05, 3.63) is 67.8 Å². The molecule has 0 unspecified atom stereocenters. The molecule has 0 bridgehead atoms. The van der Waals surface area contributed by atoms with Crippen molar-refractivity contribution < 1.29 is 19.4 Å². The van der Waals surface area contributed by atoms with E-state index in [0.717, 1.165) is 0 Å². The Morgan fingerprint density at radius 3 is 2.39 bits per heavy atom. The van der Waals surface area contributed by atoms with Gasteiger partial charge in [0.05, 0.1) is 15.5 Å². The molecular formula is C18H16N4O6. The van der Waals surface area contributed by atoms with E-state index >= 15 is 0 Å². The number of anilines is 2. The molecule has 3 rings (SSSR count). The SMILES string of the molecule is Cc1ccc([N+](=O)[O-])cc1NC(=O)CN1C(=O)CCc2cc([N+](=O)[O-])ccc21. The fourth-order valence-electron chi connectivity index (χ4n) is 3.02. The number of amides is 2. The molecule has 1 N–H and O–H groups in total. The zero-order valence-electron chi connectivity index (χ0n) is 14.9. The van der Waals surface area contributed by atoms with Crippen molar-refractivity contribution in [1.29, 1.82) is 0 Å². The third-order valence-electron chi connectivity index (χ3n) is 4.48. The number of rotatable bonds is 5. The molecule has 0 spiro atoms. The average Bonchev–Trinajstić information content (AvgIpc) is 2.65. The predicted molar refractivity (Wildman–Crippen MR) is 100 cm³/mol. The van der Waals surface area contributed by atoms with Gasteiger partial charge in [-0.05, 0) is 30.5 Å². The Kier molecular flexibility index (Phi) is 5.03. The summed E-state index contributed by atoms with van der Waals surface area (Å²) in [5, 5.41) is 24.4. The zero-order chi connectivity index (χ0) is 20.4. The second-order valence-corrected chi connectivity index (χ2v) is 6.35. The lowest BCUT2D eigenvalue weighted by Gasteiger charge is -2.28. The molecule has 0 radical (unpaired) electrons. The van der Waals surface area contributed by atoms with Crippen LogP contribution in [0.2, 0.25) is 0 Å². The number of hydrogen-bond acceptors (Lipinski definition) is 6. The third-order valence-corrected chi connectivity index (χ3v) is 4.48. The van der Waals surface area contributed by atoms with Crippen LogP contribution in [0.1, 0.15) is 17.5 Å². The molecule has 1 aliphatic rings. The first-order valence-corrected chi connectivity index (χ1v) is 8.39. The smallest absolute Gasteiger partial charge is 0.271 e. The second kappa shape index (κ2) is 7.43. The van der Waals surface area contributed by atoms with Gasteiger partial charge < -0.3 is 10.2 Å². The van der Waals surface area contributed by atoms with Crippen molar-refractivity contribution in [1.82, 2.24) is 0 Å². The second-order valence-electron chi connectivity index (χ2n) is 6.35. The van der Waals surface area contributed by atoms with E-state index in [1.165, 1.54) is 41.3 Å². The van der Waals surface area contributed by atoms with Gasteiger partial charge in [0.25, 0.3) is 11.4 Å². The molecule has 2 aromatic rings. The Morgan fingerprint density at radius 1 is 1.07 bits per heavy atom. The van der Waals surface area contributed by atoms with Crippen LogP contribution in [0, 0.1) is 27.2 Å². The number of nitro benzene ring substituents is 2. The number of aryl methyl sites for hydroxylation is 2. The van der Waals surface area contributed by atoms with Gasteiger partial charge in [-0.1, -0.05) is 6.07 Å². The molecule has 0 fully saturated rings. The maximum atomic E-state index is 12.5. The molecule has 0 atom stereocenters. The molecule has 0 aromatic heterocycles. The van der Waals surface area contributed by atoms with E-state index in [9.17, 15) is 29.8 Å². The summed E-state index contributed by atoms with van der Waals surface area (Å²) >= 11 is 0. The van der Waals surface area contributed by atoms with Gasteiger partial charge in [-0.15, -0.1) is 0 Å². The fraction of sp³-hybridized carbons (Fsp3) is 0.222. The van der Waals surface area contributed by atoms with Crippen LogP contribution < -0.4 is 10.2 Å². The average molecular weight is 384 g/mol. The normalized spacial score (nSPS) is 13.0. The Hall–Kier alpha value is -3.82. The Morgan fingerprint density at radius 2 is 1.71 bits per heavy atom. The maximum Gasteiger partial charge on any atom is 0.271 e. The van der Waals surface area contributed by atoms with Crippen molar-refractivity contribution >= 4 is 34.6 Å². The van der Waals surface area contributed by atoms with E-state index in [-0.39, 0.29) is 35.9 Å². The summed E-state index contributed by atoms with van der Waals surface area (Å²) in [5.41, 5.74) is 1.76. The van der Waals surface area contributed by atoms with Crippen molar-refractivity contribution in [2.45, 2.75) is 19.8 Å². The number of nitrogens with one attached hydrogen (secondary N) is 1. The molecule has 28 heavy (non-hydrogen) atoms. The topological polar surface area (TPSA) is 136 Å². The summed E-state index contributed by atoms with van der Waals surface area (Å²) in [6.07, 6.45) is 0.495. The van der Waals surface area contributed by atoms with E-state index in [0.29, 0.717) is 23.2 Å². The van der Waals surface area contributed by atoms with Crippen LogP contribution >= 0.6 is 0 Å². The predicted octanol–water partition coefficient (Wildman–Crippen LogP) is 2.73. The molecule has 2 amide bonds. The fourth-order valence-corrected chi connectivity index (χ4v) is 3.02. The van der Waals surface area contributed by atoms with Gasteiger partial charge in [0.2, 0.25) is 11.8 Å². The van der Waals surface area contributed by atoms with Crippen LogP contribution in [-0.2, 0) is 16.0 Å². The monoisotopic (exact) mass is 384 g/mol. The highest BCUT2D eigenvalue weighted by atomic mass is 16.6.